The summed E-state index contributed by atoms with van der Waals surface area (Å²) in [4.78, 5) is 80.7. The van der Waals surface area contributed by atoms with Gasteiger partial charge in [0.25, 0.3) is 0 Å². The number of carbonyl (C=O) groups excluding carboxylic acids is 2. The molecule has 472 valence electrons. The summed E-state index contributed by atoms with van der Waals surface area (Å²) in [5.74, 6) is 1.38. The van der Waals surface area contributed by atoms with Crippen LogP contribution in [0.15, 0.2) is 125 Å². The Morgan fingerprint density at radius 2 is 1.08 bits per heavy atom. The molecule has 90 heavy (non-hydrogen) atoms. The Balaban J connectivity index is 0.000000151. The van der Waals surface area contributed by atoms with Crippen LogP contribution in [0.1, 0.15) is 101 Å². The van der Waals surface area contributed by atoms with E-state index < -0.39 is 18.3 Å². The summed E-state index contributed by atoms with van der Waals surface area (Å²) in [5.41, 5.74) is 5.55. The van der Waals surface area contributed by atoms with Gasteiger partial charge in [-0.25, -0.2) is 48.5 Å². The third-order valence-electron chi connectivity index (χ3n) is 15.8. The lowest BCUT2D eigenvalue weighted by molar-refractivity contribution is 0.00578. The molecule has 0 spiro atoms. The number of amides is 2. The van der Waals surface area contributed by atoms with Gasteiger partial charge in [0.1, 0.15) is 41.3 Å². The number of fused-ring (bicyclic) bond motifs is 6. The predicted octanol–water partition coefficient (Wildman–Crippen LogP) is 10.3. The maximum Gasteiger partial charge on any atom is 0.496 e. The Morgan fingerprint density at radius 1 is 0.633 bits per heavy atom. The minimum atomic E-state index is -0.577. The standard InChI is InChI=1S/C27H28N8O3.C20H23BrN4O3.C13H17BN4O2.C2H4Cl2/c1-27(2,3)38-26(37)33-10-9-19(14-33)35-24-20-11-17(5-7-21(20)29-13-22(24)32(4)25(35)36)18-6-8-23(30-12-18)34-16-28-15-31-34;1-20(2,3)28-19(27)24-8-7-13(11-24)25-17-14-9-12(21)5-6-15(14)22-10-16(17)23(4)18(25)26;1-12(2)13(3,4)20-14(19-12)10-5-6-11(16-7-10)18-9-15-8-17-18;1-2(3)4/h5-8,11-13,15-16,19H,9-10,14H2,1-4H3;5-6,9-10,13H,7-8,11H2,1-4H3;5-9H,1-4H3;2H,1H3/t19-;13-;;/m00../s1. The second-order valence-electron chi connectivity index (χ2n) is 25.2. The molecule has 2 aromatic carbocycles. The fourth-order valence-electron chi connectivity index (χ4n) is 10.8. The summed E-state index contributed by atoms with van der Waals surface area (Å²) in [7, 11) is 3.12. The van der Waals surface area contributed by atoms with Crippen molar-refractivity contribution in [2.45, 2.75) is 128 Å². The van der Waals surface area contributed by atoms with Crippen molar-refractivity contribution in [3.63, 3.8) is 0 Å². The van der Waals surface area contributed by atoms with Gasteiger partial charge in [0, 0.05) is 78.9 Å². The van der Waals surface area contributed by atoms with E-state index in [2.05, 4.69) is 56.0 Å². The summed E-state index contributed by atoms with van der Waals surface area (Å²) in [5, 5.41) is 9.95. The van der Waals surface area contributed by atoms with Gasteiger partial charge in [0.15, 0.2) is 11.6 Å². The first-order valence-electron chi connectivity index (χ1n) is 29.3. The third kappa shape index (κ3) is 14.0. The molecular formula is C62H72BBrCl2N16O8. The number of hydrogen-bond acceptors (Lipinski definition) is 16. The van der Waals surface area contributed by atoms with Gasteiger partial charge in [-0.3, -0.25) is 28.2 Å². The maximum atomic E-state index is 13.5. The van der Waals surface area contributed by atoms with Gasteiger partial charge in [0.05, 0.1) is 68.8 Å². The van der Waals surface area contributed by atoms with Gasteiger partial charge in [-0.05, 0) is 143 Å². The first-order chi connectivity index (χ1) is 42.5. The van der Waals surface area contributed by atoms with E-state index in [0.29, 0.717) is 50.7 Å². The number of hydrogen-bond donors (Lipinski definition) is 0. The molecule has 0 aliphatic carbocycles. The fraction of sp³-hybridized carbons (Fsp3) is 0.419. The summed E-state index contributed by atoms with van der Waals surface area (Å²) >= 11 is 13.6. The molecule has 13 rings (SSSR count). The molecule has 10 aromatic rings. The van der Waals surface area contributed by atoms with Gasteiger partial charge in [-0.1, -0.05) is 28.1 Å². The van der Waals surface area contributed by atoms with Crippen LogP contribution in [0.2, 0.25) is 0 Å². The molecule has 24 nitrogen and oxygen atoms in total. The fourth-order valence-corrected chi connectivity index (χ4v) is 11.1. The zero-order valence-electron chi connectivity index (χ0n) is 52.5. The van der Waals surface area contributed by atoms with Crippen LogP contribution in [0.25, 0.3) is 66.6 Å². The molecule has 28 heteroatoms. The van der Waals surface area contributed by atoms with E-state index in [9.17, 15) is 19.2 Å². The molecular weight excluding hydrogens is 1260 g/mol. The first-order valence-corrected chi connectivity index (χ1v) is 31.0. The molecule has 8 aromatic heterocycles. The van der Waals surface area contributed by atoms with Crippen LogP contribution in [-0.4, -0.2) is 150 Å². The quantitative estimate of drug-likeness (QED) is 0.111. The molecule has 0 saturated carbocycles. The van der Waals surface area contributed by atoms with Crippen molar-refractivity contribution in [3.8, 4) is 22.8 Å². The second-order valence-corrected chi connectivity index (χ2v) is 27.6. The highest BCUT2D eigenvalue weighted by Crippen LogP contribution is 2.37. The normalized spacial score (nSPS) is 17.1. The molecule has 3 aliphatic heterocycles. The number of nitrogens with zero attached hydrogens (tertiary/aromatic N) is 16. The topological polar surface area (TPSA) is 244 Å². The van der Waals surface area contributed by atoms with E-state index in [0.717, 1.165) is 64.9 Å². The molecule has 3 aliphatic rings. The minimum absolute atomic E-state index is 0.0969. The van der Waals surface area contributed by atoms with Gasteiger partial charge in [-0.15, -0.1) is 23.2 Å². The summed E-state index contributed by atoms with van der Waals surface area (Å²) in [6.45, 7) is 22.9. The molecule has 0 unspecified atom stereocenters. The Labute approximate surface area is 538 Å². The van der Waals surface area contributed by atoms with Crippen LogP contribution in [0, 0.1) is 0 Å². The van der Waals surface area contributed by atoms with E-state index in [4.69, 9.17) is 42.0 Å². The first kappa shape index (κ1) is 64.9. The van der Waals surface area contributed by atoms with Crippen molar-refractivity contribution in [1.29, 1.82) is 0 Å². The zero-order valence-corrected chi connectivity index (χ0v) is 55.6. The average molecular weight is 1330 g/mol. The van der Waals surface area contributed by atoms with Gasteiger partial charge >= 0.3 is 30.7 Å². The molecule has 2 amide bonds. The number of alkyl halides is 2. The highest BCUT2D eigenvalue weighted by molar-refractivity contribution is 9.10. The van der Waals surface area contributed by atoms with E-state index in [1.54, 1.807) is 86.8 Å². The molecule has 0 N–H and O–H groups in total. The Bertz CT molecular complexity index is 4330. The number of pyridine rings is 4. The number of aryl methyl sites for hydroxylation is 2. The van der Waals surface area contributed by atoms with Crippen LogP contribution >= 0.6 is 39.1 Å². The maximum absolute atomic E-state index is 13.5. The minimum Gasteiger partial charge on any atom is -0.444 e. The smallest absolute Gasteiger partial charge is 0.444 e. The van der Waals surface area contributed by atoms with Crippen molar-refractivity contribution >= 4 is 108 Å². The SMILES string of the molecule is CC(Cl)Cl.CC1(C)OB(c2ccc(-n3cncn3)nc2)OC1(C)C.Cn1c(=O)n([C@H]2CCN(C(=O)OC(C)(C)C)C2)c2c3cc(-c4ccc(-n5cncn5)nc4)ccc3ncc21.Cn1c(=O)n([C@H]2CCN(C(=O)OC(C)(C)C)C2)c2c3cc(Br)ccc3ncc21. The van der Waals surface area contributed by atoms with Crippen LogP contribution in [0.4, 0.5) is 9.59 Å². The van der Waals surface area contributed by atoms with Gasteiger partial charge < -0.3 is 28.6 Å². The lowest BCUT2D eigenvalue weighted by atomic mass is 9.80. The molecule has 11 heterocycles. The number of benzene rings is 2. The molecule has 3 fully saturated rings. The van der Waals surface area contributed by atoms with Crippen molar-refractivity contribution in [2.75, 3.05) is 26.2 Å². The lowest BCUT2D eigenvalue weighted by Gasteiger charge is -2.32. The molecule has 0 bridgehead atoms. The molecule has 3 saturated heterocycles. The number of carbonyl (C=O) groups is 2. The van der Waals surface area contributed by atoms with Crippen LogP contribution in [-0.2, 0) is 32.9 Å². The monoisotopic (exact) mass is 1330 g/mol. The van der Waals surface area contributed by atoms with Crippen LogP contribution in [0.5, 0.6) is 0 Å². The second kappa shape index (κ2) is 25.7. The van der Waals surface area contributed by atoms with E-state index in [1.165, 1.54) is 12.7 Å². The number of ether oxygens (including phenoxy) is 2. The highest BCUT2D eigenvalue weighted by atomic mass is 79.9. The van der Waals surface area contributed by atoms with Crippen LogP contribution < -0.4 is 16.8 Å². The molecule has 2 atom stereocenters. The van der Waals surface area contributed by atoms with Crippen molar-refractivity contribution in [2.24, 2.45) is 14.1 Å². The number of rotatable bonds is 6. The highest BCUT2D eigenvalue weighted by Gasteiger charge is 2.52. The van der Waals surface area contributed by atoms with Gasteiger partial charge in [-0.2, -0.15) is 10.2 Å². The number of aromatic nitrogens is 14. The summed E-state index contributed by atoms with van der Waals surface area (Å²) in [6.07, 6.45) is 13.8. The Morgan fingerprint density at radius 3 is 1.50 bits per heavy atom. The average Bonchev–Trinajstić information content (AvgIpc) is 1.80. The largest absolute Gasteiger partial charge is 0.496 e. The van der Waals surface area contributed by atoms with Crippen LogP contribution in [0.3, 0.4) is 0 Å². The van der Waals surface area contributed by atoms with Gasteiger partial charge in [0.2, 0.25) is 0 Å². The van der Waals surface area contributed by atoms with Crippen molar-refractivity contribution in [1.82, 2.24) is 77.5 Å². The Kier molecular flexibility index (Phi) is 18.5. The van der Waals surface area contributed by atoms with E-state index in [1.807, 2.05) is 139 Å². The summed E-state index contributed by atoms with van der Waals surface area (Å²) in [6, 6.07) is 19.3. The third-order valence-corrected chi connectivity index (χ3v) is 16.3. The number of imidazole rings is 2. The Hall–Kier alpha value is -8.04. The van der Waals surface area contributed by atoms with Crippen molar-refractivity contribution < 1.29 is 28.4 Å². The van der Waals surface area contributed by atoms with E-state index >= 15 is 0 Å². The lowest BCUT2D eigenvalue weighted by Crippen LogP contribution is -2.41. The number of halogens is 3. The zero-order chi connectivity index (χ0) is 64.8. The summed E-state index contributed by atoms with van der Waals surface area (Å²) < 4.78 is 34.0. The number of likely N-dealkylation sites (tertiary alicyclic amines) is 2. The van der Waals surface area contributed by atoms with E-state index in [-0.39, 0.29) is 51.7 Å². The van der Waals surface area contributed by atoms with Crippen molar-refractivity contribution in [3.05, 3.63) is 136 Å². The molecule has 0 radical (unpaired) electrons. The predicted molar refractivity (Wildman–Crippen MR) is 350 cm³/mol.